The van der Waals surface area contributed by atoms with Crippen LogP contribution in [0, 0.1) is 5.82 Å². The van der Waals surface area contributed by atoms with Gasteiger partial charge in [-0.2, -0.15) is 29.6 Å². The summed E-state index contributed by atoms with van der Waals surface area (Å²) in [5.74, 6) is -0.453. The Kier molecular flexibility index (Phi) is 7.49. The smallest absolute Gasteiger partial charge is 0.435 e. The first-order valence-corrected chi connectivity index (χ1v) is 12.9. The summed E-state index contributed by atoms with van der Waals surface area (Å²) in [6.45, 7) is 0.485. The number of aliphatic hydroxyl groups excluding tert-OH is 1. The molecular formula is C22H20F4N4O4S2. The molecule has 4 aromatic rings. The summed E-state index contributed by atoms with van der Waals surface area (Å²) in [6, 6.07) is 9.09. The van der Waals surface area contributed by atoms with Gasteiger partial charge in [0.25, 0.3) is 10.0 Å². The van der Waals surface area contributed by atoms with Crippen molar-refractivity contribution >= 4 is 38.0 Å². The van der Waals surface area contributed by atoms with Crippen LogP contribution in [0.2, 0.25) is 0 Å². The lowest BCUT2D eigenvalue weighted by atomic mass is 10.1. The van der Waals surface area contributed by atoms with Gasteiger partial charge in [0.1, 0.15) is 18.2 Å². The number of nitrogens with one attached hydrogen (secondary N) is 3. The Morgan fingerprint density at radius 1 is 1.17 bits per heavy atom. The number of hydrogen-bond donors (Lipinski definition) is 4. The van der Waals surface area contributed by atoms with E-state index in [1.807, 2.05) is 0 Å². The number of aliphatic hydroxyl groups is 1. The van der Waals surface area contributed by atoms with Crippen LogP contribution in [0.5, 0.6) is 5.75 Å². The summed E-state index contributed by atoms with van der Waals surface area (Å²) in [5.41, 5.74) is -0.810. The summed E-state index contributed by atoms with van der Waals surface area (Å²) < 4.78 is 85.3. The van der Waals surface area contributed by atoms with Gasteiger partial charge in [-0.1, -0.05) is 6.07 Å². The second-order valence-corrected chi connectivity index (χ2v) is 10.1. The summed E-state index contributed by atoms with van der Waals surface area (Å²) in [6.07, 6.45) is -5.64. The van der Waals surface area contributed by atoms with E-state index in [-0.39, 0.29) is 46.7 Å². The van der Waals surface area contributed by atoms with Crippen LogP contribution in [-0.4, -0.2) is 43.4 Å². The molecule has 4 N–H and O–H groups in total. The van der Waals surface area contributed by atoms with Crippen molar-refractivity contribution in [3.05, 3.63) is 70.3 Å². The van der Waals surface area contributed by atoms with Gasteiger partial charge >= 0.3 is 6.18 Å². The first-order chi connectivity index (χ1) is 17.0. The average molecular weight is 545 g/mol. The maximum absolute atomic E-state index is 14.2. The molecule has 4 rings (SSSR count). The van der Waals surface area contributed by atoms with Gasteiger partial charge in [-0.15, -0.1) is 0 Å². The molecule has 0 spiro atoms. The van der Waals surface area contributed by atoms with Crippen LogP contribution in [0.4, 0.5) is 23.2 Å². The predicted molar refractivity (Wildman–Crippen MR) is 126 cm³/mol. The number of aromatic amines is 1. The van der Waals surface area contributed by atoms with Gasteiger partial charge in [0.2, 0.25) is 0 Å². The minimum absolute atomic E-state index is 0.00647. The number of alkyl halides is 3. The van der Waals surface area contributed by atoms with Crippen molar-refractivity contribution in [1.29, 1.82) is 0 Å². The van der Waals surface area contributed by atoms with Crippen LogP contribution >= 0.6 is 11.3 Å². The van der Waals surface area contributed by atoms with Crippen molar-refractivity contribution in [3.63, 3.8) is 0 Å². The van der Waals surface area contributed by atoms with E-state index in [0.29, 0.717) is 5.75 Å². The van der Waals surface area contributed by atoms with Crippen LogP contribution in [0.1, 0.15) is 17.4 Å². The van der Waals surface area contributed by atoms with Crippen molar-refractivity contribution in [2.75, 3.05) is 24.4 Å². The monoisotopic (exact) mass is 544 g/mol. The lowest BCUT2D eigenvalue weighted by Gasteiger charge is -2.15. The van der Waals surface area contributed by atoms with Crippen molar-refractivity contribution in [1.82, 2.24) is 15.5 Å². The molecule has 0 saturated carbocycles. The van der Waals surface area contributed by atoms with E-state index in [2.05, 4.69) is 20.2 Å². The summed E-state index contributed by atoms with van der Waals surface area (Å²) >= 11 is 1.19. The number of halogens is 4. The fourth-order valence-electron chi connectivity index (χ4n) is 3.34. The molecule has 2 aromatic heterocycles. The molecule has 8 nitrogen and oxygen atoms in total. The summed E-state index contributed by atoms with van der Waals surface area (Å²) in [7, 11) is -3.96. The number of benzene rings is 2. The van der Waals surface area contributed by atoms with Gasteiger partial charge in [-0.3, -0.25) is 9.82 Å². The molecular weight excluding hydrogens is 524 g/mol. The summed E-state index contributed by atoms with van der Waals surface area (Å²) in [5, 5.41) is 21.9. The molecule has 192 valence electrons. The fraction of sp³-hybridized carbons (Fsp3) is 0.227. The maximum atomic E-state index is 14.2. The Morgan fingerprint density at radius 2 is 1.97 bits per heavy atom. The third-order valence-corrected chi connectivity index (χ3v) is 7.31. The highest BCUT2D eigenvalue weighted by Crippen LogP contribution is 2.34. The molecule has 14 heteroatoms. The first-order valence-electron chi connectivity index (χ1n) is 10.5. The molecule has 2 aromatic carbocycles. The molecule has 1 atom stereocenters. The number of rotatable bonds is 10. The lowest BCUT2D eigenvalue weighted by Crippen LogP contribution is -2.26. The standard InChI is InChI=1S/C22H20F4N4O4S2/c23-17-4-1-13(9-19(17)30-36(32,33)15-5-8-35-12-15)20(31)11-27-6-7-34-14-2-3-16-18(10-14)28-29-21(16)22(24,25)26/h1-5,8-10,12,20,27,30-31H,6-7,11H2,(H,28,29). The number of aromatic nitrogens is 2. The fourth-order valence-corrected chi connectivity index (χ4v) is 5.43. The van der Waals surface area contributed by atoms with Crippen LogP contribution in [0.25, 0.3) is 10.9 Å². The molecule has 1 unspecified atom stereocenters. The Morgan fingerprint density at radius 3 is 2.69 bits per heavy atom. The van der Waals surface area contributed by atoms with Crippen molar-refractivity contribution in [2.24, 2.45) is 0 Å². The number of nitrogens with zero attached hydrogens (tertiary/aromatic N) is 1. The molecule has 0 aliphatic rings. The molecule has 0 fully saturated rings. The molecule has 2 heterocycles. The molecule has 0 amide bonds. The molecule has 0 aliphatic heterocycles. The number of anilines is 1. The topological polar surface area (TPSA) is 116 Å². The summed E-state index contributed by atoms with van der Waals surface area (Å²) in [4.78, 5) is 0.00647. The third kappa shape index (κ3) is 5.95. The van der Waals surface area contributed by atoms with Crippen LogP contribution in [0.3, 0.4) is 0 Å². The van der Waals surface area contributed by atoms with E-state index < -0.39 is 33.8 Å². The van der Waals surface area contributed by atoms with Crippen molar-refractivity contribution < 1.29 is 35.8 Å². The van der Waals surface area contributed by atoms with Gasteiger partial charge in [0.05, 0.1) is 22.2 Å². The number of thiophene rings is 1. The third-order valence-electron chi connectivity index (χ3n) is 5.11. The van der Waals surface area contributed by atoms with E-state index in [9.17, 15) is 31.1 Å². The van der Waals surface area contributed by atoms with Crippen molar-refractivity contribution in [3.8, 4) is 5.75 Å². The number of hydrogen-bond acceptors (Lipinski definition) is 7. The van der Waals surface area contributed by atoms with E-state index in [0.717, 1.165) is 6.07 Å². The minimum Gasteiger partial charge on any atom is -0.492 e. The zero-order valence-electron chi connectivity index (χ0n) is 18.3. The zero-order valence-corrected chi connectivity index (χ0v) is 20.0. The van der Waals surface area contributed by atoms with Crippen LogP contribution < -0.4 is 14.8 Å². The van der Waals surface area contributed by atoms with Gasteiger partial charge < -0.3 is 15.2 Å². The maximum Gasteiger partial charge on any atom is 0.435 e. The minimum atomic E-state index is -4.56. The van der Waals surface area contributed by atoms with Crippen molar-refractivity contribution in [2.45, 2.75) is 17.2 Å². The molecule has 0 aliphatic carbocycles. The quantitative estimate of drug-likeness (QED) is 0.175. The molecule has 0 saturated heterocycles. The second-order valence-electron chi connectivity index (χ2n) is 7.65. The first kappa shape index (κ1) is 25.9. The number of H-pyrrole nitrogens is 1. The van der Waals surface area contributed by atoms with E-state index in [1.165, 1.54) is 53.1 Å². The number of fused-ring (bicyclic) bond motifs is 1. The van der Waals surface area contributed by atoms with E-state index in [4.69, 9.17) is 4.74 Å². The average Bonchev–Trinajstić information content (AvgIpc) is 3.50. The predicted octanol–water partition coefficient (Wildman–Crippen LogP) is 4.29. The Hall–Kier alpha value is -3.20. The zero-order chi connectivity index (χ0) is 25.9. The highest BCUT2D eigenvalue weighted by molar-refractivity contribution is 7.92. The lowest BCUT2D eigenvalue weighted by molar-refractivity contribution is -0.139. The molecule has 0 bridgehead atoms. The highest BCUT2D eigenvalue weighted by atomic mass is 32.2. The Bertz CT molecular complexity index is 1440. The largest absolute Gasteiger partial charge is 0.492 e. The molecule has 0 radical (unpaired) electrons. The van der Waals surface area contributed by atoms with Crippen LogP contribution in [0.15, 0.2) is 58.1 Å². The Labute approximate surface area is 207 Å². The van der Waals surface area contributed by atoms with E-state index >= 15 is 0 Å². The SMILES string of the molecule is O=S(=O)(Nc1cc(C(O)CNCCOc2ccc3c(C(F)(F)F)n[nH]c3c2)ccc1F)c1ccsc1. The highest BCUT2D eigenvalue weighted by Gasteiger charge is 2.35. The number of ether oxygens (including phenoxy) is 1. The Balaban J connectivity index is 1.29. The van der Waals surface area contributed by atoms with Crippen LogP contribution in [-0.2, 0) is 16.2 Å². The second kappa shape index (κ2) is 10.4. The normalized spacial score (nSPS) is 13.1. The van der Waals surface area contributed by atoms with Gasteiger partial charge in [-0.05, 0) is 41.3 Å². The molecule has 36 heavy (non-hydrogen) atoms. The van der Waals surface area contributed by atoms with Gasteiger partial charge in [-0.25, -0.2) is 12.8 Å². The number of sulfonamides is 1. The van der Waals surface area contributed by atoms with E-state index in [1.54, 1.807) is 5.38 Å². The van der Waals surface area contributed by atoms with Gasteiger partial charge in [0, 0.05) is 29.9 Å². The van der Waals surface area contributed by atoms with Gasteiger partial charge in [0.15, 0.2) is 5.69 Å².